The van der Waals surface area contributed by atoms with E-state index in [9.17, 15) is 25.2 Å². The number of rotatable bonds is 5. The first kappa shape index (κ1) is 22.6. The zero-order chi connectivity index (χ0) is 24.0. The van der Waals surface area contributed by atoms with Crippen molar-refractivity contribution < 1.29 is 44.2 Å². The highest BCUT2D eigenvalue weighted by Gasteiger charge is 2.45. The van der Waals surface area contributed by atoms with Crippen LogP contribution in [-0.4, -0.2) is 70.8 Å². The maximum Gasteiger partial charge on any atom is 0.339 e. The van der Waals surface area contributed by atoms with Crippen molar-refractivity contribution in [3.05, 3.63) is 59.7 Å². The molecule has 0 aromatic heterocycles. The van der Waals surface area contributed by atoms with Crippen LogP contribution in [0.4, 0.5) is 0 Å². The average Bonchev–Trinajstić information content (AvgIpc) is 2.87. The van der Waals surface area contributed by atoms with Gasteiger partial charge in [0.1, 0.15) is 31.0 Å². The summed E-state index contributed by atoms with van der Waals surface area (Å²) in [6, 6.07) is 14.6. The molecule has 178 valence electrons. The molecule has 0 amide bonds. The Morgan fingerprint density at radius 3 is 2.41 bits per heavy atom. The van der Waals surface area contributed by atoms with Crippen LogP contribution in [0.5, 0.6) is 11.5 Å². The first-order valence-electron chi connectivity index (χ1n) is 10.8. The molecule has 1 fully saturated rings. The third kappa shape index (κ3) is 3.58. The molecule has 0 bridgehead atoms. The Labute approximate surface area is 194 Å². The Morgan fingerprint density at radius 1 is 0.971 bits per heavy atom. The number of aliphatic hydroxyl groups excluding tert-OH is 4. The van der Waals surface area contributed by atoms with Gasteiger partial charge in [-0.15, -0.1) is 0 Å². The van der Waals surface area contributed by atoms with Gasteiger partial charge in [-0.3, -0.25) is 0 Å². The lowest BCUT2D eigenvalue weighted by atomic mass is 9.90. The van der Waals surface area contributed by atoms with Crippen LogP contribution in [0, 0.1) is 0 Å². The number of cyclic esters (lactones) is 1. The summed E-state index contributed by atoms with van der Waals surface area (Å²) in [7, 11) is 1.45. The van der Waals surface area contributed by atoms with Crippen LogP contribution in [0.15, 0.2) is 48.5 Å². The molecule has 2 aliphatic heterocycles. The fourth-order valence-electron chi connectivity index (χ4n) is 4.50. The second-order valence-corrected chi connectivity index (χ2v) is 8.24. The van der Waals surface area contributed by atoms with Crippen molar-refractivity contribution in [2.75, 3.05) is 13.7 Å². The molecule has 0 radical (unpaired) electrons. The van der Waals surface area contributed by atoms with Gasteiger partial charge in [-0.05, 0) is 23.3 Å². The van der Waals surface area contributed by atoms with Crippen LogP contribution in [0.3, 0.4) is 0 Å². The summed E-state index contributed by atoms with van der Waals surface area (Å²) in [6.07, 6.45) is -7.31. The van der Waals surface area contributed by atoms with Crippen molar-refractivity contribution in [3.8, 4) is 22.6 Å². The highest BCUT2D eigenvalue weighted by Crippen LogP contribution is 2.47. The number of benzene rings is 3. The van der Waals surface area contributed by atoms with E-state index >= 15 is 0 Å². The first-order valence-corrected chi connectivity index (χ1v) is 10.8. The van der Waals surface area contributed by atoms with Crippen molar-refractivity contribution in [3.63, 3.8) is 0 Å². The second-order valence-electron chi connectivity index (χ2n) is 8.24. The summed E-state index contributed by atoms with van der Waals surface area (Å²) >= 11 is 0. The summed E-state index contributed by atoms with van der Waals surface area (Å²) in [5, 5.41) is 41.6. The van der Waals surface area contributed by atoms with E-state index in [1.165, 1.54) is 7.11 Å². The maximum atomic E-state index is 12.5. The van der Waals surface area contributed by atoms with Gasteiger partial charge in [0.2, 0.25) is 6.29 Å². The Kier molecular flexibility index (Phi) is 5.88. The molecule has 0 unspecified atom stereocenters. The zero-order valence-electron chi connectivity index (χ0n) is 18.2. The molecular weight excluding hydrogens is 444 g/mol. The zero-order valence-corrected chi connectivity index (χ0v) is 18.2. The lowest BCUT2D eigenvalue weighted by Gasteiger charge is -2.40. The van der Waals surface area contributed by atoms with Crippen LogP contribution in [0.2, 0.25) is 0 Å². The topological polar surface area (TPSA) is 135 Å². The van der Waals surface area contributed by atoms with Gasteiger partial charge in [-0.1, -0.05) is 36.4 Å². The van der Waals surface area contributed by atoms with Gasteiger partial charge in [0, 0.05) is 16.3 Å². The third-order valence-corrected chi connectivity index (χ3v) is 6.25. The SMILES string of the molecule is COc1cc2c3c(ccc(-c4ccccc4)c3c1O[C@H]1O[C@H](CO)[C@@H](O)[C@H](O)[C@H]1O)C(=O)OC2. The normalized spacial score (nSPS) is 26.3. The number of esters is 1. The third-order valence-electron chi connectivity index (χ3n) is 6.25. The molecule has 9 heteroatoms. The molecular formula is C25H24O9. The molecule has 5 atom stereocenters. The monoisotopic (exact) mass is 468 g/mol. The highest BCUT2D eigenvalue weighted by atomic mass is 16.7. The number of hydrogen-bond acceptors (Lipinski definition) is 9. The predicted molar refractivity (Wildman–Crippen MR) is 119 cm³/mol. The van der Waals surface area contributed by atoms with Crippen LogP contribution in [0.25, 0.3) is 21.9 Å². The Balaban J connectivity index is 1.74. The van der Waals surface area contributed by atoms with Crippen molar-refractivity contribution in [2.45, 2.75) is 37.3 Å². The number of carbonyl (C=O) groups excluding carboxylic acids is 1. The Hall–Kier alpha value is -3.21. The number of carbonyl (C=O) groups is 1. The summed E-state index contributed by atoms with van der Waals surface area (Å²) in [5.74, 6) is 0.00814. The molecule has 3 aromatic rings. The van der Waals surface area contributed by atoms with Crippen LogP contribution >= 0.6 is 0 Å². The minimum atomic E-state index is -1.61. The molecule has 0 spiro atoms. The average molecular weight is 468 g/mol. The molecule has 0 aliphatic carbocycles. The van der Waals surface area contributed by atoms with E-state index in [0.29, 0.717) is 22.1 Å². The van der Waals surface area contributed by atoms with E-state index in [4.69, 9.17) is 18.9 Å². The van der Waals surface area contributed by atoms with Crippen LogP contribution in [0.1, 0.15) is 15.9 Å². The lowest BCUT2D eigenvalue weighted by Crippen LogP contribution is -2.60. The van der Waals surface area contributed by atoms with Crippen LogP contribution in [-0.2, 0) is 16.1 Å². The number of hydrogen-bond donors (Lipinski definition) is 4. The van der Waals surface area contributed by atoms with E-state index < -0.39 is 43.3 Å². The highest BCUT2D eigenvalue weighted by molar-refractivity contribution is 6.14. The van der Waals surface area contributed by atoms with Crippen molar-refractivity contribution in [1.82, 2.24) is 0 Å². The molecule has 4 N–H and O–H groups in total. The van der Waals surface area contributed by atoms with E-state index in [1.54, 1.807) is 18.2 Å². The maximum absolute atomic E-state index is 12.5. The van der Waals surface area contributed by atoms with Crippen molar-refractivity contribution in [2.24, 2.45) is 0 Å². The van der Waals surface area contributed by atoms with E-state index in [1.807, 2.05) is 30.3 Å². The lowest BCUT2D eigenvalue weighted by molar-refractivity contribution is -0.277. The minimum absolute atomic E-state index is 0.0528. The summed E-state index contributed by atoms with van der Waals surface area (Å²) in [6.45, 7) is -0.538. The van der Waals surface area contributed by atoms with Gasteiger partial charge < -0.3 is 39.4 Å². The van der Waals surface area contributed by atoms with Gasteiger partial charge in [0.25, 0.3) is 0 Å². The fraction of sp³-hybridized carbons (Fsp3) is 0.320. The van der Waals surface area contributed by atoms with Crippen molar-refractivity contribution in [1.29, 1.82) is 0 Å². The first-order chi connectivity index (χ1) is 16.4. The summed E-state index contributed by atoms with van der Waals surface area (Å²) in [5.41, 5.74) is 2.68. The predicted octanol–water partition coefficient (Wildman–Crippen LogP) is 1.36. The minimum Gasteiger partial charge on any atom is -0.493 e. The van der Waals surface area contributed by atoms with Crippen LogP contribution < -0.4 is 9.47 Å². The molecule has 1 saturated heterocycles. The molecule has 3 aromatic carbocycles. The van der Waals surface area contributed by atoms with Gasteiger partial charge >= 0.3 is 5.97 Å². The smallest absolute Gasteiger partial charge is 0.339 e. The molecule has 34 heavy (non-hydrogen) atoms. The van der Waals surface area contributed by atoms with E-state index in [0.717, 1.165) is 16.7 Å². The van der Waals surface area contributed by atoms with Gasteiger partial charge in [0.15, 0.2) is 11.5 Å². The number of ether oxygens (including phenoxy) is 4. The van der Waals surface area contributed by atoms with Gasteiger partial charge in [-0.25, -0.2) is 4.79 Å². The van der Waals surface area contributed by atoms with Gasteiger partial charge in [0.05, 0.1) is 19.3 Å². The van der Waals surface area contributed by atoms with E-state index in [-0.39, 0.29) is 12.4 Å². The fourth-order valence-corrected chi connectivity index (χ4v) is 4.50. The standard InChI is InChI=1S/C25H24O9/c1-31-16-9-13-11-32-24(30)15-8-7-14(12-5-3-2-4-6-12)19(18(13)15)23(16)34-25-22(29)21(28)20(27)17(10-26)33-25/h2-9,17,20-22,25-29H,10-11H2,1H3/t17-,20-,21+,22-,25-/m1/s1. The van der Waals surface area contributed by atoms with Crippen molar-refractivity contribution >= 4 is 16.7 Å². The number of aliphatic hydroxyl groups is 4. The second kappa shape index (κ2) is 8.86. The Bertz CT molecular complexity index is 1220. The molecule has 2 aliphatic rings. The summed E-state index contributed by atoms with van der Waals surface area (Å²) in [4.78, 5) is 12.5. The van der Waals surface area contributed by atoms with E-state index in [2.05, 4.69) is 0 Å². The number of methoxy groups -OCH3 is 1. The molecule has 9 nitrogen and oxygen atoms in total. The molecule has 5 rings (SSSR count). The summed E-state index contributed by atoms with van der Waals surface area (Å²) < 4.78 is 22.6. The van der Waals surface area contributed by atoms with Gasteiger partial charge in [-0.2, -0.15) is 0 Å². The Morgan fingerprint density at radius 2 is 1.71 bits per heavy atom. The quantitative estimate of drug-likeness (QED) is 0.410. The largest absolute Gasteiger partial charge is 0.493 e. The molecule has 0 saturated carbocycles. The molecule has 2 heterocycles.